The van der Waals surface area contributed by atoms with Crippen LogP contribution in [0.1, 0.15) is 30.6 Å². The number of rotatable bonds is 8. The Kier molecular flexibility index (Phi) is 6.47. The van der Waals surface area contributed by atoms with E-state index in [2.05, 4.69) is 0 Å². The Labute approximate surface area is 152 Å². The van der Waals surface area contributed by atoms with E-state index in [1.807, 2.05) is 0 Å². The molecular formula is C17H23NO7S. The van der Waals surface area contributed by atoms with Gasteiger partial charge < -0.3 is 19.5 Å². The number of carboxylic acids is 1. The second-order valence-corrected chi connectivity index (χ2v) is 8.15. The highest BCUT2D eigenvalue weighted by molar-refractivity contribution is 7.91. The first kappa shape index (κ1) is 20.0. The lowest BCUT2D eigenvalue weighted by Gasteiger charge is -2.27. The molecule has 1 unspecified atom stereocenters. The predicted molar refractivity (Wildman–Crippen MR) is 94.5 cm³/mol. The summed E-state index contributed by atoms with van der Waals surface area (Å²) in [5.74, 6) is -0.835. The van der Waals surface area contributed by atoms with Crippen molar-refractivity contribution in [3.05, 3.63) is 23.8 Å². The Hall–Kier alpha value is -2.29. The van der Waals surface area contributed by atoms with E-state index in [0.29, 0.717) is 25.1 Å². The van der Waals surface area contributed by atoms with Crippen molar-refractivity contribution in [3.63, 3.8) is 0 Å². The van der Waals surface area contributed by atoms with E-state index in [9.17, 15) is 18.0 Å². The molecule has 1 aromatic carbocycles. The van der Waals surface area contributed by atoms with Crippen LogP contribution in [0.15, 0.2) is 18.2 Å². The summed E-state index contributed by atoms with van der Waals surface area (Å²) in [6, 6.07) is 4.17. The molecule has 1 heterocycles. The Morgan fingerprint density at radius 3 is 2.50 bits per heavy atom. The van der Waals surface area contributed by atoms with Crippen molar-refractivity contribution in [2.24, 2.45) is 0 Å². The summed E-state index contributed by atoms with van der Waals surface area (Å²) in [6.07, 6.45) is 0.431. The average Bonchev–Trinajstić information content (AvgIpc) is 2.94. The van der Waals surface area contributed by atoms with E-state index in [-0.39, 0.29) is 35.0 Å². The summed E-state index contributed by atoms with van der Waals surface area (Å²) < 4.78 is 34.0. The molecule has 144 valence electrons. The standard InChI is InChI=1S/C17H23NO7S/c1-3-18(13-7-8-26(22,23)11-13)17(21)12-5-6-14(25-10-16(19)20)15(9-12)24-4-2/h5-6,9,13H,3-4,7-8,10-11H2,1-2H3,(H,19,20). The summed E-state index contributed by atoms with van der Waals surface area (Å²) in [5, 5.41) is 8.73. The molecule has 2 rings (SSSR count). The second-order valence-electron chi connectivity index (χ2n) is 5.92. The van der Waals surface area contributed by atoms with Gasteiger partial charge in [0.15, 0.2) is 27.9 Å². The van der Waals surface area contributed by atoms with Crippen LogP contribution in [0.4, 0.5) is 0 Å². The highest BCUT2D eigenvalue weighted by Gasteiger charge is 2.34. The SMILES string of the molecule is CCOc1cc(C(=O)N(CC)C2CCS(=O)(=O)C2)ccc1OCC(=O)O. The van der Waals surface area contributed by atoms with Crippen LogP contribution in [0.2, 0.25) is 0 Å². The topological polar surface area (TPSA) is 110 Å². The molecule has 1 amide bonds. The number of hydrogen-bond donors (Lipinski definition) is 1. The number of benzene rings is 1. The van der Waals surface area contributed by atoms with Gasteiger partial charge in [0.25, 0.3) is 5.91 Å². The number of sulfone groups is 1. The molecule has 8 nitrogen and oxygen atoms in total. The van der Waals surface area contributed by atoms with Crippen molar-refractivity contribution >= 4 is 21.7 Å². The smallest absolute Gasteiger partial charge is 0.341 e. The number of carbonyl (C=O) groups is 2. The van der Waals surface area contributed by atoms with Crippen molar-refractivity contribution in [1.82, 2.24) is 4.90 Å². The lowest BCUT2D eigenvalue weighted by Crippen LogP contribution is -2.41. The summed E-state index contributed by atoms with van der Waals surface area (Å²) in [5.41, 5.74) is 0.335. The molecule has 26 heavy (non-hydrogen) atoms. The van der Waals surface area contributed by atoms with Crippen LogP contribution < -0.4 is 9.47 Å². The van der Waals surface area contributed by atoms with E-state index in [4.69, 9.17) is 14.6 Å². The first-order chi connectivity index (χ1) is 12.3. The van der Waals surface area contributed by atoms with Crippen LogP contribution >= 0.6 is 0 Å². The summed E-state index contributed by atoms with van der Waals surface area (Å²) in [6.45, 7) is 3.75. The molecule has 0 aromatic heterocycles. The molecule has 1 aliphatic heterocycles. The molecule has 0 aliphatic carbocycles. The van der Waals surface area contributed by atoms with Gasteiger partial charge in [-0.1, -0.05) is 0 Å². The van der Waals surface area contributed by atoms with E-state index in [1.54, 1.807) is 18.7 Å². The normalized spacial score (nSPS) is 18.3. The molecule has 1 atom stereocenters. The van der Waals surface area contributed by atoms with Gasteiger partial charge in [0, 0.05) is 18.2 Å². The van der Waals surface area contributed by atoms with E-state index < -0.39 is 22.4 Å². The van der Waals surface area contributed by atoms with Gasteiger partial charge in [-0.15, -0.1) is 0 Å². The number of ether oxygens (including phenoxy) is 2. The molecule has 1 N–H and O–H groups in total. The molecular weight excluding hydrogens is 362 g/mol. The van der Waals surface area contributed by atoms with Gasteiger partial charge in [0.1, 0.15) is 0 Å². The maximum absolute atomic E-state index is 12.8. The van der Waals surface area contributed by atoms with Crippen molar-refractivity contribution in [2.45, 2.75) is 26.3 Å². The molecule has 1 saturated heterocycles. The Bertz CT molecular complexity index is 775. The van der Waals surface area contributed by atoms with Gasteiger partial charge in [-0.25, -0.2) is 13.2 Å². The minimum Gasteiger partial charge on any atom is -0.490 e. The van der Waals surface area contributed by atoms with Gasteiger partial charge >= 0.3 is 5.97 Å². The van der Waals surface area contributed by atoms with Crippen LogP contribution in [0.25, 0.3) is 0 Å². The monoisotopic (exact) mass is 385 g/mol. The first-order valence-electron chi connectivity index (χ1n) is 8.40. The Morgan fingerprint density at radius 2 is 1.96 bits per heavy atom. The Morgan fingerprint density at radius 1 is 1.23 bits per heavy atom. The molecule has 0 bridgehead atoms. The van der Waals surface area contributed by atoms with Gasteiger partial charge in [-0.05, 0) is 38.5 Å². The molecule has 0 spiro atoms. The molecule has 1 aliphatic rings. The summed E-state index contributed by atoms with van der Waals surface area (Å²) in [7, 11) is -3.10. The molecule has 0 saturated carbocycles. The van der Waals surface area contributed by atoms with Crippen LogP contribution in [0.5, 0.6) is 11.5 Å². The van der Waals surface area contributed by atoms with E-state index in [0.717, 1.165) is 0 Å². The largest absolute Gasteiger partial charge is 0.490 e. The summed E-state index contributed by atoms with van der Waals surface area (Å²) in [4.78, 5) is 25.1. The third-order valence-corrected chi connectivity index (χ3v) is 5.84. The van der Waals surface area contributed by atoms with Crippen molar-refractivity contribution < 1.29 is 32.6 Å². The maximum atomic E-state index is 12.8. The van der Waals surface area contributed by atoms with E-state index in [1.165, 1.54) is 18.2 Å². The number of carbonyl (C=O) groups excluding carboxylic acids is 1. The van der Waals surface area contributed by atoms with Crippen molar-refractivity contribution in [2.75, 3.05) is 31.3 Å². The third-order valence-electron chi connectivity index (χ3n) is 4.09. The lowest BCUT2D eigenvalue weighted by molar-refractivity contribution is -0.139. The number of aliphatic carboxylic acids is 1. The summed E-state index contributed by atoms with van der Waals surface area (Å²) >= 11 is 0. The average molecular weight is 385 g/mol. The molecule has 1 aromatic rings. The lowest BCUT2D eigenvalue weighted by atomic mass is 10.1. The zero-order valence-corrected chi connectivity index (χ0v) is 15.6. The van der Waals surface area contributed by atoms with Gasteiger partial charge in [-0.3, -0.25) is 4.79 Å². The fourth-order valence-corrected chi connectivity index (χ4v) is 4.65. The van der Waals surface area contributed by atoms with Crippen LogP contribution in [-0.4, -0.2) is 67.6 Å². The zero-order valence-electron chi connectivity index (χ0n) is 14.8. The first-order valence-corrected chi connectivity index (χ1v) is 10.2. The van der Waals surface area contributed by atoms with Crippen molar-refractivity contribution in [3.8, 4) is 11.5 Å². The number of hydrogen-bond acceptors (Lipinski definition) is 6. The number of carboxylic acid groups (broad SMARTS) is 1. The second kappa shape index (κ2) is 8.39. The maximum Gasteiger partial charge on any atom is 0.341 e. The van der Waals surface area contributed by atoms with Crippen LogP contribution in [0, 0.1) is 0 Å². The fourth-order valence-electron chi connectivity index (χ4n) is 2.92. The minimum atomic E-state index is -3.10. The van der Waals surface area contributed by atoms with Gasteiger partial charge in [0.2, 0.25) is 0 Å². The van der Waals surface area contributed by atoms with Crippen LogP contribution in [0.3, 0.4) is 0 Å². The number of nitrogens with zero attached hydrogens (tertiary/aromatic N) is 1. The van der Waals surface area contributed by atoms with E-state index >= 15 is 0 Å². The fraction of sp³-hybridized carbons (Fsp3) is 0.529. The minimum absolute atomic E-state index is 0.0231. The molecule has 0 radical (unpaired) electrons. The molecule has 9 heteroatoms. The van der Waals surface area contributed by atoms with Gasteiger partial charge in [0.05, 0.1) is 18.1 Å². The van der Waals surface area contributed by atoms with Crippen LogP contribution in [-0.2, 0) is 14.6 Å². The quantitative estimate of drug-likeness (QED) is 0.716. The number of amides is 1. The predicted octanol–water partition coefficient (Wildman–Crippen LogP) is 1.20. The molecule has 1 fully saturated rings. The Balaban J connectivity index is 2.24. The van der Waals surface area contributed by atoms with Crippen molar-refractivity contribution in [1.29, 1.82) is 0 Å². The highest BCUT2D eigenvalue weighted by Crippen LogP contribution is 2.30. The zero-order chi connectivity index (χ0) is 19.3. The van der Waals surface area contributed by atoms with Gasteiger partial charge in [-0.2, -0.15) is 0 Å². The highest BCUT2D eigenvalue weighted by atomic mass is 32.2. The third kappa shape index (κ3) is 4.87.